The van der Waals surface area contributed by atoms with E-state index < -0.39 is 0 Å². The fourth-order valence-corrected chi connectivity index (χ4v) is 2.10. The van der Waals surface area contributed by atoms with Gasteiger partial charge in [-0.2, -0.15) is 5.10 Å². The molecular weight excluding hydrogens is 226 g/mol. The van der Waals surface area contributed by atoms with Crippen LogP contribution in [0.15, 0.2) is 12.3 Å². The van der Waals surface area contributed by atoms with Crippen molar-refractivity contribution in [3.63, 3.8) is 0 Å². The molecule has 4 nitrogen and oxygen atoms in total. The molecule has 0 aromatic carbocycles. The van der Waals surface area contributed by atoms with Gasteiger partial charge in [0.1, 0.15) is 0 Å². The van der Waals surface area contributed by atoms with Crippen LogP contribution in [-0.4, -0.2) is 35.1 Å². The molecule has 0 saturated heterocycles. The average molecular weight is 253 g/mol. The Bertz CT molecular complexity index is 347. The second kappa shape index (κ2) is 6.90. The molecule has 0 aliphatic heterocycles. The molecule has 0 spiro atoms. The van der Waals surface area contributed by atoms with Crippen molar-refractivity contribution in [1.29, 1.82) is 0 Å². The summed E-state index contributed by atoms with van der Waals surface area (Å²) in [5.41, 5.74) is 1.12. The summed E-state index contributed by atoms with van der Waals surface area (Å²) in [4.78, 5) is 0. The molecule has 1 heterocycles. The Hall–Kier alpha value is -0.870. The van der Waals surface area contributed by atoms with Crippen LogP contribution >= 0.6 is 0 Å². The Labute approximate surface area is 111 Å². The van der Waals surface area contributed by atoms with Crippen LogP contribution in [0, 0.1) is 0 Å². The van der Waals surface area contributed by atoms with Gasteiger partial charge in [0.15, 0.2) is 0 Å². The van der Waals surface area contributed by atoms with Gasteiger partial charge in [0.2, 0.25) is 0 Å². The molecule has 1 rings (SSSR count). The summed E-state index contributed by atoms with van der Waals surface area (Å²) in [5.74, 6) is 0. The van der Waals surface area contributed by atoms with Crippen molar-refractivity contribution >= 4 is 0 Å². The SMILES string of the molecule is CCCNC(CCc1ccnn1C)C(C)(C)OC. The van der Waals surface area contributed by atoms with Crippen LogP contribution in [0.4, 0.5) is 0 Å². The topological polar surface area (TPSA) is 39.1 Å². The number of methoxy groups -OCH3 is 1. The van der Waals surface area contributed by atoms with Crippen LogP contribution in [-0.2, 0) is 18.2 Å². The smallest absolute Gasteiger partial charge is 0.0775 e. The van der Waals surface area contributed by atoms with E-state index in [1.165, 1.54) is 5.69 Å². The predicted octanol–water partition coefficient (Wildman–Crippen LogP) is 2.15. The van der Waals surface area contributed by atoms with Crippen LogP contribution in [0.25, 0.3) is 0 Å². The van der Waals surface area contributed by atoms with Gasteiger partial charge in [0, 0.05) is 32.1 Å². The highest BCUT2D eigenvalue weighted by Gasteiger charge is 2.28. The maximum atomic E-state index is 5.61. The van der Waals surface area contributed by atoms with Gasteiger partial charge >= 0.3 is 0 Å². The van der Waals surface area contributed by atoms with E-state index in [4.69, 9.17) is 4.74 Å². The molecule has 0 aliphatic rings. The van der Waals surface area contributed by atoms with E-state index in [0.29, 0.717) is 6.04 Å². The third-order valence-electron chi connectivity index (χ3n) is 3.62. The van der Waals surface area contributed by atoms with E-state index in [2.05, 4.69) is 37.3 Å². The number of hydrogen-bond donors (Lipinski definition) is 1. The van der Waals surface area contributed by atoms with E-state index in [9.17, 15) is 0 Å². The van der Waals surface area contributed by atoms with Crippen molar-refractivity contribution in [2.24, 2.45) is 7.05 Å². The second-order valence-corrected chi connectivity index (χ2v) is 5.30. The normalized spacial score (nSPS) is 13.8. The van der Waals surface area contributed by atoms with E-state index in [1.807, 2.05) is 17.9 Å². The first kappa shape index (κ1) is 15.2. The van der Waals surface area contributed by atoms with Crippen LogP contribution in [0.3, 0.4) is 0 Å². The zero-order valence-corrected chi connectivity index (χ0v) is 12.4. The van der Waals surface area contributed by atoms with Crippen molar-refractivity contribution in [3.05, 3.63) is 18.0 Å². The Balaban J connectivity index is 2.58. The van der Waals surface area contributed by atoms with E-state index in [-0.39, 0.29) is 5.60 Å². The fraction of sp³-hybridized carbons (Fsp3) is 0.786. The van der Waals surface area contributed by atoms with Gasteiger partial charge in [-0.05, 0) is 45.7 Å². The molecule has 0 fully saturated rings. The van der Waals surface area contributed by atoms with Crippen molar-refractivity contribution in [1.82, 2.24) is 15.1 Å². The maximum Gasteiger partial charge on any atom is 0.0775 e. The predicted molar refractivity (Wildman–Crippen MR) is 74.7 cm³/mol. The minimum atomic E-state index is -0.145. The molecule has 4 heteroatoms. The number of hydrogen-bond acceptors (Lipinski definition) is 3. The number of nitrogens with one attached hydrogen (secondary N) is 1. The molecule has 1 N–H and O–H groups in total. The Morgan fingerprint density at radius 3 is 2.72 bits per heavy atom. The van der Waals surface area contributed by atoms with Crippen LogP contribution in [0.5, 0.6) is 0 Å². The first-order chi connectivity index (χ1) is 8.51. The highest BCUT2D eigenvalue weighted by molar-refractivity contribution is 5.01. The lowest BCUT2D eigenvalue weighted by atomic mass is 9.93. The van der Waals surface area contributed by atoms with Crippen molar-refractivity contribution in [3.8, 4) is 0 Å². The van der Waals surface area contributed by atoms with Gasteiger partial charge in [-0.15, -0.1) is 0 Å². The molecule has 0 amide bonds. The molecule has 0 radical (unpaired) electrons. The molecule has 104 valence electrons. The number of aryl methyl sites for hydroxylation is 2. The molecule has 0 saturated carbocycles. The van der Waals surface area contributed by atoms with Crippen LogP contribution in [0.1, 0.15) is 39.3 Å². The van der Waals surface area contributed by atoms with Crippen molar-refractivity contribution in [2.75, 3.05) is 13.7 Å². The van der Waals surface area contributed by atoms with Gasteiger partial charge in [0.25, 0.3) is 0 Å². The third-order valence-corrected chi connectivity index (χ3v) is 3.62. The van der Waals surface area contributed by atoms with E-state index in [0.717, 1.165) is 25.8 Å². The van der Waals surface area contributed by atoms with Crippen LogP contribution < -0.4 is 5.32 Å². The second-order valence-electron chi connectivity index (χ2n) is 5.30. The molecule has 1 atom stereocenters. The summed E-state index contributed by atoms with van der Waals surface area (Å²) < 4.78 is 7.55. The Morgan fingerprint density at radius 1 is 1.50 bits per heavy atom. The van der Waals surface area contributed by atoms with Crippen LogP contribution in [0.2, 0.25) is 0 Å². The van der Waals surface area contributed by atoms with Gasteiger partial charge in [-0.1, -0.05) is 6.92 Å². The highest BCUT2D eigenvalue weighted by Crippen LogP contribution is 2.18. The quantitative estimate of drug-likeness (QED) is 0.771. The molecule has 1 aromatic rings. The molecule has 0 aliphatic carbocycles. The summed E-state index contributed by atoms with van der Waals surface area (Å²) in [5, 5.41) is 7.79. The van der Waals surface area contributed by atoms with Gasteiger partial charge in [0.05, 0.1) is 5.60 Å². The molecule has 18 heavy (non-hydrogen) atoms. The lowest BCUT2D eigenvalue weighted by Gasteiger charge is -2.34. The highest BCUT2D eigenvalue weighted by atomic mass is 16.5. The molecule has 0 bridgehead atoms. The number of rotatable bonds is 8. The van der Waals surface area contributed by atoms with E-state index in [1.54, 1.807) is 7.11 Å². The van der Waals surface area contributed by atoms with E-state index >= 15 is 0 Å². The monoisotopic (exact) mass is 253 g/mol. The summed E-state index contributed by atoms with van der Waals surface area (Å²) in [7, 11) is 3.77. The van der Waals surface area contributed by atoms with Crippen molar-refractivity contribution in [2.45, 2.75) is 51.7 Å². The van der Waals surface area contributed by atoms with Gasteiger partial charge < -0.3 is 10.1 Å². The standard InChI is InChI=1S/C14H27N3O/c1-6-10-15-13(14(2,3)18-5)8-7-12-9-11-16-17(12)4/h9,11,13,15H,6-8,10H2,1-5H3. The summed E-state index contributed by atoms with van der Waals surface area (Å²) in [6, 6.07) is 2.44. The first-order valence-corrected chi connectivity index (χ1v) is 6.76. The number of ether oxygens (including phenoxy) is 1. The van der Waals surface area contributed by atoms with Crippen molar-refractivity contribution < 1.29 is 4.74 Å². The fourth-order valence-electron chi connectivity index (χ4n) is 2.10. The number of aromatic nitrogens is 2. The van der Waals surface area contributed by atoms with Gasteiger partial charge in [-0.25, -0.2) is 0 Å². The zero-order chi connectivity index (χ0) is 13.6. The minimum absolute atomic E-state index is 0.145. The largest absolute Gasteiger partial charge is 0.377 e. The molecular formula is C14H27N3O. The number of nitrogens with zero attached hydrogens (tertiary/aromatic N) is 2. The molecule has 1 aromatic heterocycles. The Morgan fingerprint density at radius 2 is 2.22 bits per heavy atom. The Kier molecular flexibility index (Phi) is 5.82. The maximum absolute atomic E-state index is 5.61. The average Bonchev–Trinajstić information content (AvgIpc) is 2.75. The first-order valence-electron chi connectivity index (χ1n) is 6.76. The summed E-state index contributed by atoms with van der Waals surface area (Å²) in [6.07, 6.45) is 5.07. The molecule has 1 unspecified atom stereocenters. The third kappa shape index (κ3) is 4.10. The minimum Gasteiger partial charge on any atom is -0.377 e. The lowest BCUT2D eigenvalue weighted by Crippen LogP contribution is -2.48. The zero-order valence-electron chi connectivity index (χ0n) is 12.4. The summed E-state index contributed by atoms with van der Waals surface area (Å²) >= 11 is 0. The lowest BCUT2D eigenvalue weighted by molar-refractivity contribution is -0.0124. The summed E-state index contributed by atoms with van der Waals surface area (Å²) in [6.45, 7) is 7.50. The van der Waals surface area contributed by atoms with Gasteiger partial charge in [-0.3, -0.25) is 4.68 Å².